The fourth-order valence-corrected chi connectivity index (χ4v) is 4.21. The van der Waals surface area contributed by atoms with Gasteiger partial charge in [-0.3, -0.25) is 0 Å². The highest BCUT2D eigenvalue weighted by atomic mass is 32.2. The minimum atomic E-state index is -3.51. The Hall–Kier alpha value is -0.910. The van der Waals surface area contributed by atoms with Gasteiger partial charge in [0.1, 0.15) is 0 Å². The lowest BCUT2D eigenvalue weighted by Crippen LogP contribution is -2.51. The van der Waals surface area contributed by atoms with Crippen LogP contribution < -0.4 is 4.72 Å². The lowest BCUT2D eigenvalue weighted by Gasteiger charge is -2.35. The summed E-state index contributed by atoms with van der Waals surface area (Å²) < 4.78 is 27.9. The Bertz CT molecular complexity index is 580. The van der Waals surface area contributed by atoms with Gasteiger partial charge in [-0.25, -0.2) is 13.1 Å². The van der Waals surface area contributed by atoms with E-state index < -0.39 is 21.7 Å². The van der Waals surface area contributed by atoms with Gasteiger partial charge >= 0.3 is 0 Å². The Labute approximate surface area is 147 Å². The zero-order valence-electron chi connectivity index (χ0n) is 15.6. The highest BCUT2D eigenvalue weighted by Crippen LogP contribution is 2.25. The van der Waals surface area contributed by atoms with Crippen LogP contribution in [0.2, 0.25) is 0 Å². The van der Waals surface area contributed by atoms with Crippen molar-refractivity contribution in [2.24, 2.45) is 11.8 Å². The van der Waals surface area contributed by atoms with E-state index >= 15 is 0 Å². The van der Waals surface area contributed by atoms with Crippen LogP contribution in [0.25, 0.3) is 0 Å². The van der Waals surface area contributed by atoms with Crippen LogP contribution in [0.15, 0.2) is 30.3 Å². The molecule has 0 aromatic heterocycles. The number of benzene rings is 1. The molecule has 5 heteroatoms. The van der Waals surface area contributed by atoms with Gasteiger partial charge < -0.3 is 5.11 Å². The Morgan fingerprint density at radius 2 is 1.67 bits per heavy atom. The van der Waals surface area contributed by atoms with Gasteiger partial charge in [0.15, 0.2) is 0 Å². The summed E-state index contributed by atoms with van der Waals surface area (Å²) in [7, 11) is -3.51. The van der Waals surface area contributed by atoms with E-state index in [1.807, 2.05) is 32.0 Å². The monoisotopic (exact) mass is 355 g/mol. The van der Waals surface area contributed by atoms with Gasteiger partial charge in [-0.05, 0) is 43.6 Å². The second-order valence-electron chi connectivity index (χ2n) is 7.83. The summed E-state index contributed by atoms with van der Waals surface area (Å²) in [5.41, 5.74) is -0.312. The first-order valence-corrected chi connectivity index (χ1v) is 10.4. The summed E-state index contributed by atoms with van der Waals surface area (Å²) in [5.74, 6) is 0.694. The van der Waals surface area contributed by atoms with E-state index in [-0.39, 0.29) is 5.75 Å². The molecule has 4 nitrogen and oxygen atoms in total. The molecule has 0 heterocycles. The van der Waals surface area contributed by atoms with Crippen molar-refractivity contribution in [2.45, 2.75) is 71.3 Å². The van der Waals surface area contributed by atoms with E-state index in [2.05, 4.69) is 18.6 Å². The van der Waals surface area contributed by atoms with Gasteiger partial charge in [0.25, 0.3) is 0 Å². The summed E-state index contributed by atoms with van der Waals surface area (Å²) in [6.07, 6.45) is 2.05. The average Bonchev–Trinajstić information content (AvgIpc) is 2.44. The maximum absolute atomic E-state index is 12.6. The average molecular weight is 356 g/mol. The van der Waals surface area contributed by atoms with Gasteiger partial charge in [0, 0.05) is 0 Å². The van der Waals surface area contributed by atoms with E-state index in [9.17, 15) is 13.5 Å². The fourth-order valence-electron chi connectivity index (χ4n) is 2.71. The molecule has 2 N–H and O–H groups in total. The number of sulfonamides is 1. The molecule has 0 aliphatic carbocycles. The topological polar surface area (TPSA) is 66.4 Å². The molecule has 0 aliphatic heterocycles. The van der Waals surface area contributed by atoms with Crippen molar-refractivity contribution < 1.29 is 13.5 Å². The molecule has 2 unspecified atom stereocenters. The molecule has 0 saturated heterocycles. The molecule has 138 valence electrons. The van der Waals surface area contributed by atoms with Gasteiger partial charge in [-0.15, -0.1) is 0 Å². The number of hydrogen-bond donors (Lipinski definition) is 2. The van der Waals surface area contributed by atoms with Gasteiger partial charge in [-0.2, -0.15) is 0 Å². The maximum Gasteiger partial charge on any atom is 0.216 e. The lowest BCUT2D eigenvalue weighted by atomic mass is 9.85. The predicted octanol–water partition coefficient (Wildman–Crippen LogP) is 3.71. The second-order valence-corrected chi connectivity index (χ2v) is 9.59. The standard InChI is InChI=1S/C19H33NO3S/c1-15(2)11-12-19(5,21)18(13-16(3)4)20-24(22,23)14-17-9-7-6-8-10-17/h6-10,15-16,18,20-21H,11-14H2,1-5H3. The van der Waals surface area contributed by atoms with E-state index in [4.69, 9.17) is 0 Å². The third-order valence-corrected chi connectivity index (χ3v) is 5.56. The van der Waals surface area contributed by atoms with Crippen molar-refractivity contribution in [3.63, 3.8) is 0 Å². The number of rotatable bonds is 10. The Morgan fingerprint density at radius 3 is 2.17 bits per heavy atom. The largest absolute Gasteiger partial charge is 0.389 e. The molecule has 1 aromatic carbocycles. The molecule has 2 atom stereocenters. The van der Waals surface area contributed by atoms with Crippen molar-refractivity contribution in [3.8, 4) is 0 Å². The van der Waals surface area contributed by atoms with Crippen molar-refractivity contribution >= 4 is 10.0 Å². The first kappa shape index (κ1) is 21.1. The van der Waals surface area contributed by atoms with E-state index in [0.717, 1.165) is 12.0 Å². The Balaban J connectivity index is 2.87. The number of hydrogen-bond acceptors (Lipinski definition) is 3. The van der Waals surface area contributed by atoms with Gasteiger partial charge in [0.05, 0.1) is 17.4 Å². The zero-order valence-corrected chi connectivity index (χ0v) is 16.4. The minimum Gasteiger partial charge on any atom is -0.389 e. The molecule has 0 aliphatic rings. The summed E-state index contributed by atoms with van der Waals surface area (Å²) in [4.78, 5) is 0. The van der Waals surface area contributed by atoms with Crippen LogP contribution in [0.4, 0.5) is 0 Å². The summed E-state index contributed by atoms with van der Waals surface area (Å²) in [6.45, 7) is 10.0. The molecule has 0 saturated carbocycles. The molecule has 0 radical (unpaired) electrons. The maximum atomic E-state index is 12.6. The summed E-state index contributed by atoms with van der Waals surface area (Å²) >= 11 is 0. The first-order valence-electron chi connectivity index (χ1n) is 8.78. The third kappa shape index (κ3) is 7.77. The molecule has 0 amide bonds. The van der Waals surface area contributed by atoms with Crippen LogP contribution in [0.1, 0.15) is 59.4 Å². The summed E-state index contributed by atoms with van der Waals surface area (Å²) in [5, 5.41) is 10.9. The molecule has 1 aromatic rings. The molecule has 24 heavy (non-hydrogen) atoms. The van der Waals surface area contributed by atoms with Crippen molar-refractivity contribution in [1.29, 1.82) is 0 Å². The zero-order chi connectivity index (χ0) is 18.4. The third-order valence-electron chi connectivity index (χ3n) is 4.21. The first-order chi connectivity index (χ1) is 11.0. The lowest BCUT2D eigenvalue weighted by molar-refractivity contribution is 0.00750. The highest BCUT2D eigenvalue weighted by molar-refractivity contribution is 7.88. The predicted molar refractivity (Wildman–Crippen MR) is 100 cm³/mol. The minimum absolute atomic E-state index is 0.0668. The SMILES string of the molecule is CC(C)CCC(C)(O)C(CC(C)C)NS(=O)(=O)Cc1ccccc1. The van der Waals surface area contributed by atoms with Crippen LogP contribution in [0.5, 0.6) is 0 Å². The number of aliphatic hydroxyl groups is 1. The molecule has 0 bridgehead atoms. The number of nitrogens with one attached hydrogen (secondary N) is 1. The molecule has 0 spiro atoms. The van der Waals surface area contributed by atoms with E-state index in [1.165, 1.54) is 0 Å². The van der Waals surface area contributed by atoms with Crippen molar-refractivity contribution in [3.05, 3.63) is 35.9 Å². The van der Waals surface area contributed by atoms with Crippen molar-refractivity contribution in [2.75, 3.05) is 0 Å². The van der Waals surface area contributed by atoms with E-state index in [0.29, 0.717) is 24.7 Å². The van der Waals surface area contributed by atoms with Crippen LogP contribution >= 0.6 is 0 Å². The van der Waals surface area contributed by atoms with Crippen LogP contribution in [0, 0.1) is 11.8 Å². The molecule has 0 fully saturated rings. The molecule has 1 rings (SSSR count). The van der Waals surface area contributed by atoms with Crippen LogP contribution in [0.3, 0.4) is 0 Å². The Morgan fingerprint density at radius 1 is 1.08 bits per heavy atom. The van der Waals surface area contributed by atoms with Gasteiger partial charge in [0.2, 0.25) is 10.0 Å². The Kier molecular flexibility index (Phi) is 7.90. The normalized spacial score (nSPS) is 16.3. The van der Waals surface area contributed by atoms with E-state index in [1.54, 1.807) is 19.1 Å². The summed E-state index contributed by atoms with van der Waals surface area (Å²) in [6, 6.07) is 8.64. The van der Waals surface area contributed by atoms with Crippen LogP contribution in [-0.4, -0.2) is 25.2 Å². The second kappa shape index (κ2) is 8.97. The smallest absolute Gasteiger partial charge is 0.216 e. The molecular weight excluding hydrogens is 322 g/mol. The van der Waals surface area contributed by atoms with Crippen molar-refractivity contribution in [1.82, 2.24) is 4.72 Å². The van der Waals surface area contributed by atoms with Crippen LogP contribution in [-0.2, 0) is 15.8 Å². The van der Waals surface area contributed by atoms with Gasteiger partial charge in [-0.1, -0.05) is 58.0 Å². The molecular formula is C19H33NO3S. The quantitative estimate of drug-likeness (QED) is 0.672. The highest BCUT2D eigenvalue weighted by Gasteiger charge is 2.35. The fraction of sp³-hybridized carbons (Fsp3) is 0.684.